The summed E-state index contributed by atoms with van der Waals surface area (Å²) in [6, 6.07) is 7.62. The van der Waals surface area contributed by atoms with Crippen molar-refractivity contribution in [2.24, 2.45) is 5.84 Å². The zero-order chi connectivity index (χ0) is 9.97. The van der Waals surface area contributed by atoms with E-state index in [1.807, 2.05) is 31.2 Å². The molecule has 0 amide bonds. The van der Waals surface area contributed by atoms with E-state index in [4.69, 9.17) is 5.84 Å². The van der Waals surface area contributed by atoms with Crippen molar-refractivity contribution in [1.82, 2.24) is 15.2 Å². The first-order valence-corrected chi connectivity index (χ1v) is 4.25. The lowest BCUT2D eigenvalue weighted by molar-refractivity contribution is 1.04. The Morgan fingerprint density at radius 2 is 1.93 bits per heavy atom. The van der Waals surface area contributed by atoms with Crippen molar-refractivity contribution >= 4 is 18.1 Å². The van der Waals surface area contributed by atoms with Crippen LogP contribution in [-0.4, -0.2) is 15.2 Å². The molecule has 0 saturated heterocycles. The largest absolute Gasteiger partial charge is 0.324 e. The van der Waals surface area contributed by atoms with Crippen LogP contribution in [0.1, 0.15) is 5.82 Å². The van der Waals surface area contributed by atoms with E-state index < -0.39 is 0 Å². The second-order valence-corrected chi connectivity index (χ2v) is 2.95. The summed E-state index contributed by atoms with van der Waals surface area (Å²) in [5.41, 5.74) is 4.42. The molecule has 0 bridgehead atoms. The molecule has 6 heteroatoms. The molecule has 0 atom stereocenters. The summed E-state index contributed by atoms with van der Waals surface area (Å²) < 4.78 is 0. The zero-order valence-electron chi connectivity index (χ0n) is 8.19. The van der Waals surface area contributed by atoms with Crippen LogP contribution in [0.4, 0.5) is 5.69 Å². The highest BCUT2D eigenvalue weighted by molar-refractivity contribution is 5.85. The number of nitrogen functional groups attached to an aromatic ring is 1. The van der Waals surface area contributed by atoms with Crippen LogP contribution in [0.5, 0.6) is 0 Å². The first-order chi connectivity index (χ1) is 6.79. The molecule has 2 rings (SSSR count). The van der Waals surface area contributed by atoms with E-state index in [0.29, 0.717) is 0 Å². The van der Waals surface area contributed by atoms with Crippen LogP contribution in [0.3, 0.4) is 0 Å². The number of nitrogens with one attached hydrogen (secondary N) is 2. The van der Waals surface area contributed by atoms with Crippen LogP contribution in [0.25, 0.3) is 11.4 Å². The number of aryl methyl sites for hydroxylation is 1. The lowest BCUT2D eigenvalue weighted by Gasteiger charge is -1.99. The molecule has 2 aromatic rings. The van der Waals surface area contributed by atoms with E-state index in [1.54, 1.807) is 0 Å². The van der Waals surface area contributed by atoms with Gasteiger partial charge in [-0.25, -0.2) is 4.98 Å². The Morgan fingerprint density at radius 1 is 1.27 bits per heavy atom. The summed E-state index contributed by atoms with van der Waals surface area (Å²) in [5, 5.41) is 6.81. The molecular formula is C9H12ClN5. The standard InChI is InChI=1S/C9H11N5.ClH/c1-6-11-9(14-13-6)7-2-4-8(12-10)5-3-7;/h2-5,12H,10H2,1H3,(H,11,13,14);1H. The predicted molar refractivity (Wildman–Crippen MR) is 61.6 cm³/mol. The van der Waals surface area contributed by atoms with Crippen molar-refractivity contribution in [2.45, 2.75) is 6.92 Å². The molecule has 0 radical (unpaired) electrons. The van der Waals surface area contributed by atoms with Crippen LogP contribution in [0.2, 0.25) is 0 Å². The van der Waals surface area contributed by atoms with Crippen LogP contribution in [-0.2, 0) is 0 Å². The second-order valence-electron chi connectivity index (χ2n) is 2.95. The Bertz CT molecular complexity index is 422. The monoisotopic (exact) mass is 225 g/mol. The van der Waals surface area contributed by atoms with E-state index >= 15 is 0 Å². The molecule has 4 N–H and O–H groups in total. The van der Waals surface area contributed by atoms with E-state index in [0.717, 1.165) is 22.9 Å². The number of halogens is 1. The van der Waals surface area contributed by atoms with Gasteiger partial charge in [0.05, 0.1) is 0 Å². The van der Waals surface area contributed by atoms with Crippen LogP contribution >= 0.6 is 12.4 Å². The van der Waals surface area contributed by atoms with Crippen LogP contribution < -0.4 is 11.3 Å². The molecule has 0 aliphatic carbocycles. The van der Waals surface area contributed by atoms with E-state index in [-0.39, 0.29) is 12.4 Å². The fraction of sp³-hybridized carbons (Fsp3) is 0.111. The number of hydrazine groups is 1. The Balaban J connectivity index is 0.00000112. The Morgan fingerprint density at radius 3 is 2.40 bits per heavy atom. The Kier molecular flexibility index (Phi) is 3.65. The first kappa shape index (κ1) is 11.5. The maximum Gasteiger partial charge on any atom is 0.155 e. The second kappa shape index (κ2) is 4.77. The van der Waals surface area contributed by atoms with Crippen molar-refractivity contribution < 1.29 is 0 Å². The van der Waals surface area contributed by atoms with Gasteiger partial charge in [-0.05, 0) is 31.2 Å². The SMILES string of the molecule is Cc1n[nH]c(-c2ccc(NN)cc2)n1.Cl. The number of nitrogens with zero attached hydrogens (tertiary/aromatic N) is 2. The quantitative estimate of drug-likeness (QED) is 0.534. The predicted octanol–water partition coefficient (Wildman–Crippen LogP) is 1.49. The van der Waals surface area contributed by atoms with Gasteiger partial charge < -0.3 is 5.43 Å². The lowest BCUT2D eigenvalue weighted by atomic mass is 10.2. The normalized spacial score (nSPS) is 9.47. The number of hydrogen-bond acceptors (Lipinski definition) is 4. The molecule has 15 heavy (non-hydrogen) atoms. The summed E-state index contributed by atoms with van der Waals surface area (Å²) in [6.45, 7) is 1.84. The van der Waals surface area contributed by atoms with E-state index in [2.05, 4.69) is 20.6 Å². The zero-order valence-corrected chi connectivity index (χ0v) is 9.01. The molecular weight excluding hydrogens is 214 g/mol. The maximum atomic E-state index is 5.26. The van der Waals surface area contributed by atoms with Crippen molar-refractivity contribution in [1.29, 1.82) is 0 Å². The lowest BCUT2D eigenvalue weighted by Crippen LogP contribution is -2.05. The number of aromatic nitrogens is 3. The smallest absolute Gasteiger partial charge is 0.155 e. The minimum atomic E-state index is 0. The number of anilines is 1. The van der Waals surface area contributed by atoms with Gasteiger partial charge in [0.25, 0.3) is 0 Å². The number of aromatic amines is 1. The first-order valence-electron chi connectivity index (χ1n) is 4.25. The van der Waals surface area contributed by atoms with Gasteiger partial charge in [0.1, 0.15) is 5.82 Å². The molecule has 0 unspecified atom stereocenters. The highest BCUT2D eigenvalue weighted by atomic mass is 35.5. The van der Waals surface area contributed by atoms with Crippen molar-refractivity contribution in [3.8, 4) is 11.4 Å². The van der Waals surface area contributed by atoms with Gasteiger partial charge in [-0.1, -0.05) is 0 Å². The number of hydrogen-bond donors (Lipinski definition) is 3. The number of benzene rings is 1. The van der Waals surface area contributed by atoms with Gasteiger partial charge >= 0.3 is 0 Å². The van der Waals surface area contributed by atoms with Gasteiger partial charge in [0, 0.05) is 11.3 Å². The number of nitrogens with two attached hydrogens (primary N) is 1. The maximum absolute atomic E-state index is 5.26. The minimum absolute atomic E-state index is 0. The summed E-state index contributed by atoms with van der Waals surface area (Å²) in [4.78, 5) is 4.22. The molecule has 1 heterocycles. The molecule has 5 nitrogen and oxygen atoms in total. The van der Waals surface area contributed by atoms with Crippen molar-refractivity contribution in [3.05, 3.63) is 30.1 Å². The molecule has 0 fully saturated rings. The van der Waals surface area contributed by atoms with Gasteiger partial charge in [-0.3, -0.25) is 10.9 Å². The van der Waals surface area contributed by atoms with Gasteiger partial charge in [-0.2, -0.15) is 5.10 Å². The summed E-state index contributed by atoms with van der Waals surface area (Å²) in [6.07, 6.45) is 0. The van der Waals surface area contributed by atoms with Crippen molar-refractivity contribution in [3.63, 3.8) is 0 Å². The topological polar surface area (TPSA) is 79.6 Å². The number of H-pyrrole nitrogens is 1. The molecule has 0 aliphatic heterocycles. The van der Waals surface area contributed by atoms with Crippen LogP contribution in [0.15, 0.2) is 24.3 Å². The van der Waals surface area contributed by atoms with Crippen molar-refractivity contribution in [2.75, 3.05) is 5.43 Å². The average Bonchev–Trinajstić information content (AvgIpc) is 2.65. The number of rotatable bonds is 2. The summed E-state index contributed by atoms with van der Waals surface area (Å²) in [7, 11) is 0. The van der Waals surface area contributed by atoms with Gasteiger partial charge in [0.15, 0.2) is 5.82 Å². The fourth-order valence-corrected chi connectivity index (χ4v) is 1.20. The summed E-state index contributed by atoms with van der Waals surface area (Å²) >= 11 is 0. The highest BCUT2D eigenvalue weighted by Crippen LogP contribution is 2.16. The van der Waals surface area contributed by atoms with E-state index in [9.17, 15) is 0 Å². The fourth-order valence-electron chi connectivity index (χ4n) is 1.20. The van der Waals surface area contributed by atoms with E-state index in [1.165, 1.54) is 0 Å². The summed E-state index contributed by atoms with van der Waals surface area (Å²) in [5.74, 6) is 6.76. The third kappa shape index (κ3) is 2.45. The molecule has 0 aliphatic rings. The Hall–Kier alpha value is -1.59. The van der Waals surface area contributed by atoms with Gasteiger partial charge in [0.2, 0.25) is 0 Å². The molecule has 1 aromatic carbocycles. The molecule has 0 spiro atoms. The third-order valence-electron chi connectivity index (χ3n) is 1.92. The third-order valence-corrected chi connectivity index (χ3v) is 1.92. The molecule has 80 valence electrons. The average molecular weight is 226 g/mol. The molecule has 1 aromatic heterocycles. The highest BCUT2D eigenvalue weighted by Gasteiger charge is 2.01. The molecule has 0 saturated carbocycles. The minimum Gasteiger partial charge on any atom is -0.324 e. The van der Waals surface area contributed by atoms with Crippen LogP contribution in [0, 0.1) is 6.92 Å². The van der Waals surface area contributed by atoms with Gasteiger partial charge in [-0.15, -0.1) is 12.4 Å². The Labute approximate surface area is 93.5 Å².